The smallest absolute Gasteiger partial charge is 0.407 e. The second-order valence-electron chi connectivity index (χ2n) is 5.94. The number of hydrogen-bond acceptors (Lipinski definition) is 6. The number of nitrogens with two attached hydrogens (primary N) is 1. The van der Waals surface area contributed by atoms with Crippen molar-refractivity contribution in [2.24, 2.45) is 0 Å². The molecule has 0 saturated carbocycles. The van der Waals surface area contributed by atoms with Crippen molar-refractivity contribution in [2.45, 2.75) is 25.2 Å². The monoisotopic (exact) mass is 374 g/mol. The normalized spacial score (nSPS) is 12.8. The lowest BCUT2D eigenvalue weighted by atomic mass is 9.99. The standard InChI is InChI=1S/C19H22N2O6/c20-15-10-13(18(24)25)6-7-14(15)17(23)16(22)8-9-21-19(26)27-11-12-4-2-1-3-5-12/h1-7,10,16-17,22-23H,8-9,11,20H2,(H,21,26)(H,24,25). The summed E-state index contributed by atoms with van der Waals surface area (Å²) in [5, 5.41) is 31.7. The first kappa shape index (κ1) is 20.2. The number of hydrogen-bond donors (Lipinski definition) is 5. The highest BCUT2D eigenvalue weighted by Gasteiger charge is 2.21. The average Bonchev–Trinajstić information content (AvgIpc) is 2.66. The number of carbonyl (C=O) groups excluding carboxylic acids is 1. The van der Waals surface area contributed by atoms with Crippen molar-refractivity contribution in [1.29, 1.82) is 0 Å². The van der Waals surface area contributed by atoms with Crippen LogP contribution in [0.15, 0.2) is 48.5 Å². The third-order valence-electron chi connectivity index (χ3n) is 3.94. The Bertz CT molecular complexity index is 781. The molecule has 0 radical (unpaired) electrons. The molecule has 27 heavy (non-hydrogen) atoms. The molecule has 0 aliphatic carbocycles. The molecule has 2 rings (SSSR count). The predicted molar refractivity (Wildman–Crippen MR) is 98.0 cm³/mol. The summed E-state index contributed by atoms with van der Waals surface area (Å²) in [4.78, 5) is 22.5. The van der Waals surface area contributed by atoms with E-state index in [1.807, 2.05) is 30.3 Å². The number of carboxylic acids is 1. The van der Waals surface area contributed by atoms with Gasteiger partial charge < -0.3 is 31.1 Å². The van der Waals surface area contributed by atoms with Crippen molar-refractivity contribution < 1.29 is 29.6 Å². The third kappa shape index (κ3) is 5.98. The second-order valence-corrected chi connectivity index (χ2v) is 5.94. The van der Waals surface area contributed by atoms with Crippen molar-refractivity contribution >= 4 is 17.7 Å². The Labute approximate surface area is 156 Å². The van der Waals surface area contributed by atoms with Crippen molar-refractivity contribution in [1.82, 2.24) is 5.32 Å². The molecule has 0 bridgehead atoms. The third-order valence-corrected chi connectivity index (χ3v) is 3.94. The van der Waals surface area contributed by atoms with Gasteiger partial charge in [0.1, 0.15) is 12.7 Å². The zero-order valence-corrected chi connectivity index (χ0v) is 14.5. The summed E-state index contributed by atoms with van der Waals surface area (Å²) in [6.45, 7) is 0.212. The fourth-order valence-corrected chi connectivity index (χ4v) is 2.44. The van der Waals surface area contributed by atoms with E-state index in [-0.39, 0.29) is 36.4 Å². The van der Waals surface area contributed by atoms with E-state index >= 15 is 0 Å². The number of benzene rings is 2. The van der Waals surface area contributed by atoms with E-state index in [1.54, 1.807) is 0 Å². The molecular formula is C19H22N2O6. The lowest BCUT2D eigenvalue weighted by molar-refractivity contribution is 0.0140. The van der Waals surface area contributed by atoms with E-state index in [2.05, 4.69) is 5.32 Å². The lowest BCUT2D eigenvalue weighted by Gasteiger charge is -2.20. The number of nitrogens with one attached hydrogen (secondary N) is 1. The minimum Gasteiger partial charge on any atom is -0.478 e. The molecule has 0 aliphatic heterocycles. The van der Waals surface area contributed by atoms with Crippen LogP contribution in [-0.2, 0) is 11.3 Å². The SMILES string of the molecule is Nc1cc(C(=O)O)ccc1C(O)C(O)CCNC(=O)OCc1ccccc1. The summed E-state index contributed by atoms with van der Waals surface area (Å²) >= 11 is 0. The average molecular weight is 374 g/mol. The van der Waals surface area contributed by atoms with Crippen LogP contribution in [0.3, 0.4) is 0 Å². The van der Waals surface area contributed by atoms with Crippen molar-refractivity contribution in [2.75, 3.05) is 12.3 Å². The van der Waals surface area contributed by atoms with Crippen LogP contribution in [0.25, 0.3) is 0 Å². The van der Waals surface area contributed by atoms with Crippen LogP contribution < -0.4 is 11.1 Å². The minimum atomic E-state index is -1.31. The quantitative estimate of drug-likeness (QED) is 0.442. The van der Waals surface area contributed by atoms with E-state index in [1.165, 1.54) is 18.2 Å². The second kappa shape index (κ2) is 9.56. The molecule has 2 aromatic rings. The molecule has 0 spiro atoms. The molecule has 0 aromatic heterocycles. The molecule has 144 valence electrons. The van der Waals surface area contributed by atoms with Crippen LogP contribution in [0.5, 0.6) is 0 Å². The van der Waals surface area contributed by atoms with Gasteiger partial charge in [-0.2, -0.15) is 0 Å². The number of carbonyl (C=O) groups is 2. The zero-order valence-electron chi connectivity index (χ0n) is 14.5. The summed E-state index contributed by atoms with van der Waals surface area (Å²) in [5.41, 5.74) is 6.87. The summed E-state index contributed by atoms with van der Waals surface area (Å²) < 4.78 is 5.04. The van der Waals surface area contributed by atoms with Crippen LogP contribution in [0, 0.1) is 0 Å². The minimum absolute atomic E-state index is 0.0132. The van der Waals surface area contributed by atoms with Gasteiger partial charge in [-0.3, -0.25) is 0 Å². The number of aliphatic hydroxyl groups excluding tert-OH is 2. The maximum absolute atomic E-state index is 11.6. The Morgan fingerprint density at radius 3 is 2.44 bits per heavy atom. The number of alkyl carbamates (subject to hydrolysis) is 1. The van der Waals surface area contributed by atoms with Gasteiger partial charge in [-0.15, -0.1) is 0 Å². The highest BCUT2D eigenvalue weighted by Crippen LogP contribution is 2.25. The highest BCUT2D eigenvalue weighted by atomic mass is 16.5. The van der Waals surface area contributed by atoms with Gasteiger partial charge in [-0.25, -0.2) is 9.59 Å². The predicted octanol–water partition coefficient (Wildman–Crippen LogP) is 1.68. The van der Waals surface area contributed by atoms with Gasteiger partial charge in [0.05, 0.1) is 11.7 Å². The largest absolute Gasteiger partial charge is 0.478 e. The fraction of sp³-hybridized carbons (Fsp3) is 0.263. The van der Waals surface area contributed by atoms with E-state index in [0.29, 0.717) is 0 Å². The van der Waals surface area contributed by atoms with Crippen LogP contribution in [0.2, 0.25) is 0 Å². The Morgan fingerprint density at radius 1 is 1.11 bits per heavy atom. The molecule has 8 nitrogen and oxygen atoms in total. The number of carboxylic acid groups (broad SMARTS) is 1. The summed E-state index contributed by atoms with van der Waals surface area (Å²) in [7, 11) is 0. The molecule has 2 atom stereocenters. The first-order valence-electron chi connectivity index (χ1n) is 8.32. The topological polar surface area (TPSA) is 142 Å². The van der Waals surface area contributed by atoms with Crippen molar-refractivity contribution in [3.63, 3.8) is 0 Å². The van der Waals surface area contributed by atoms with Crippen LogP contribution >= 0.6 is 0 Å². The summed E-state index contributed by atoms with van der Waals surface area (Å²) in [6.07, 6.45) is -3.08. The van der Waals surface area contributed by atoms with Crippen LogP contribution in [0.4, 0.5) is 10.5 Å². The van der Waals surface area contributed by atoms with Gasteiger partial charge in [-0.1, -0.05) is 36.4 Å². The van der Waals surface area contributed by atoms with Gasteiger partial charge in [0, 0.05) is 17.8 Å². The molecule has 0 heterocycles. The number of aliphatic hydroxyl groups is 2. The zero-order chi connectivity index (χ0) is 19.8. The molecule has 8 heteroatoms. The number of aromatic carboxylic acids is 1. The van der Waals surface area contributed by atoms with Crippen molar-refractivity contribution in [3.05, 3.63) is 65.2 Å². The molecule has 2 unspecified atom stereocenters. The summed E-state index contributed by atoms with van der Waals surface area (Å²) in [6, 6.07) is 13.1. The molecule has 2 aromatic carbocycles. The van der Waals surface area contributed by atoms with Gasteiger partial charge in [0.25, 0.3) is 0 Å². The molecule has 0 fully saturated rings. The molecule has 6 N–H and O–H groups in total. The van der Waals surface area contributed by atoms with Gasteiger partial charge >= 0.3 is 12.1 Å². The maximum atomic E-state index is 11.6. The van der Waals surface area contributed by atoms with Gasteiger partial charge in [0.2, 0.25) is 0 Å². The highest BCUT2D eigenvalue weighted by molar-refractivity contribution is 5.89. The number of rotatable bonds is 8. The summed E-state index contributed by atoms with van der Waals surface area (Å²) in [5.74, 6) is -1.14. The Hall–Kier alpha value is -3.10. The molecule has 0 saturated heterocycles. The number of anilines is 1. The van der Waals surface area contributed by atoms with Crippen LogP contribution in [0.1, 0.15) is 34.0 Å². The van der Waals surface area contributed by atoms with E-state index in [9.17, 15) is 19.8 Å². The lowest BCUT2D eigenvalue weighted by Crippen LogP contribution is -2.30. The van der Waals surface area contributed by atoms with Crippen LogP contribution in [-0.4, -0.2) is 40.0 Å². The van der Waals surface area contributed by atoms with E-state index in [0.717, 1.165) is 5.56 Å². The maximum Gasteiger partial charge on any atom is 0.407 e. The first-order chi connectivity index (χ1) is 12.9. The molecular weight excluding hydrogens is 352 g/mol. The number of amides is 1. The van der Waals surface area contributed by atoms with E-state index in [4.69, 9.17) is 15.6 Å². The van der Waals surface area contributed by atoms with Gasteiger partial charge in [0.15, 0.2) is 0 Å². The Balaban J connectivity index is 1.78. The number of ether oxygens (including phenoxy) is 1. The Kier molecular flexibility index (Phi) is 7.16. The molecule has 0 aliphatic rings. The van der Waals surface area contributed by atoms with Gasteiger partial charge in [-0.05, 0) is 24.1 Å². The number of nitrogen functional groups attached to an aromatic ring is 1. The van der Waals surface area contributed by atoms with Crippen molar-refractivity contribution in [3.8, 4) is 0 Å². The van der Waals surface area contributed by atoms with E-state index < -0.39 is 24.3 Å². The molecule has 1 amide bonds. The Morgan fingerprint density at radius 2 is 1.81 bits per heavy atom. The fourth-order valence-electron chi connectivity index (χ4n) is 2.44. The first-order valence-corrected chi connectivity index (χ1v) is 8.32.